The topological polar surface area (TPSA) is 132 Å². The monoisotopic (exact) mass is 596 g/mol. The lowest BCUT2D eigenvalue weighted by molar-refractivity contribution is -0.158. The molecule has 5 rings (SSSR count). The van der Waals surface area contributed by atoms with Crippen LogP contribution in [-0.4, -0.2) is 57.4 Å². The quantitative estimate of drug-likeness (QED) is 0.253. The van der Waals surface area contributed by atoms with Crippen LogP contribution >= 0.6 is 0 Å². The Labute approximate surface area is 249 Å². The number of carbonyl (C=O) groups excluding carboxylic acids is 2. The van der Waals surface area contributed by atoms with E-state index in [9.17, 15) is 14.7 Å². The maximum atomic E-state index is 13.3. The Morgan fingerprint density at radius 3 is 2.09 bits per heavy atom. The summed E-state index contributed by atoms with van der Waals surface area (Å²) in [6, 6.07) is 3.36. The predicted molar refractivity (Wildman–Crippen MR) is 154 cm³/mol. The van der Waals surface area contributed by atoms with Crippen molar-refractivity contribution < 1.29 is 52.6 Å². The van der Waals surface area contributed by atoms with Gasteiger partial charge in [0.2, 0.25) is 18.3 Å². The zero-order chi connectivity index (χ0) is 31.2. The molecule has 0 unspecified atom stereocenters. The molecule has 2 aromatic carbocycles. The Balaban J connectivity index is 1.92. The highest BCUT2D eigenvalue weighted by Crippen LogP contribution is 2.63. The number of methoxy groups -OCH3 is 3. The Morgan fingerprint density at radius 2 is 1.53 bits per heavy atom. The van der Waals surface area contributed by atoms with Gasteiger partial charge in [0, 0.05) is 39.3 Å². The fourth-order valence-electron chi connectivity index (χ4n) is 5.67. The molecule has 4 atom stereocenters. The highest BCUT2D eigenvalue weighted by Gasteiger charge is 2.63. The molecule has 43 heavy (non-hydrogen) atoms. The van der Waals surface area contributed by atoms with E-state index >= 15 is 0 Å². The minimum Gasteiger partial charge on any atom is -0.504 e. The Kier molecular flexibility index (Phi) is 7.95. The van der Waals surface area contributed by atoms with E-state index in [-0.39, 0.29) is 42.0 Å². The van der Waals surface area contributed by atoms with Gasteiger partial charge in [-0.15, -0.1) is 0 Å². The summed E-state index contributed by atoms with van der Waals surface area (Å²) < 4.78 is 47.2. The van der Waals surface area contributed by atoms with Crippen molar-refractivity contribution in [2.24, 2.45) is 5.92 Å². The molecule has 230 valence electrons. The average Bonchev–Trinajstić information content (AvgIpc) is 3.69. The molecule has 1 N–H and O–H groups in total. The molecule has 0 aromatic heterocycles. The first-order valence-electron chi connectivity index (χ1n) is 13.9. The number of epoxide rings is 1. The van der Waals surface area contributed by atoms with E-state index in [1.807, 2.05) is 6.92 Å². The largest absolute Gasteiger partial charge is 0.504 e. The molecule has 0 saturated carbocycles. The molecule has 2 heterocycles. The van der Waals surface area contributed by atoms with Crippen molar-refractivity contribution in [2.45, 2.75) is 52.4 Å². The zero-order valence-electron chi connectivity index (χ0n) is 25.5. The van der Waals surface area contributed by atoms with E-state index in [0.29, 0.717) is 39.3 Å². The molecule has 3 aliphatic rings. The van der Waals surface area contributed by atoms with Crippen LogP contribution in [-0.2, 0) is 23.8 Å². The summed E-state index contributed by atoms with van der Waals surface area (Å²) in [6.45, 7) is 8.76. The molecule has 2 aromatic rings. The Morgan fingerprint density at radius 1 is 0.907 bits per heavy atom. The first kappa shape index (κ1) is 30.1. The van der Waals surface area contributed by atoms with Crippen molar-refractivity contribution in [1.29, 1.82) is 0 Å². The van der Waals surface area contributed by atoms with Crippen LogP contribution in [0.4, 0.5) is 0 Å². The number of esters is 2. The summed E-state index contributed by atoms with van der Waals surface area (Å²) in [4.78, 5) is 26.6. The lowest BCUT2D eigenvalue weighted by atomic mass is 9.73. The Hall–Kier alpha value is -4.38. The number of fused-ring (bicyclic) bond motifs is 4. The molecule has 1 saturated heterocycles. The second-order valence-corrected chi connectivity index (χ2v) is 10.6. The molecule has 11 nitrogen and oxygen atoms in total. The summed E-state index contributed by atoms with van der Waals surface area (Å²) >= 11 is 0. The van der Waals surface area contributed by atoms with Crippen molar-refractivity contribution in [3.05, 3.63) is 46.6 Å². The smallest absolute Gasteiger partial charge is 0.334 e. The van der Waals surface area contributed by atoms with Crippen molar-refractivity contribution in [1.82, 2.24) is 0 Å². The standard InChI is InChI=1S/C32H36O11/c1-9-15(3)30(34)42-25-17(5)32(13-41-32)29(43-31(35)16(4)10-2)19-12-20(36-6)26(37-7)24(33)22(19)23-18(25)11-21-27(28(23)38-8)40-14-39-21/h9-12,17,25,29,33H,13-14H2,1-8H3/b15-9+,16-10+/t17-,25-,29+,32-/m1/s1. The van der Waals surface area contributed by atoms with Crippen molar-refractivity contribution in [3.63, 3.8) is 0 Å². The summed E-state index contributed by atoms with van der Waals surface area (Å²) in [7, 11) is 4.30. The number of rotatable bonds is 7. The van der Waals surface area contributed by atoms with E-state index in [4.69, 9.17) is 37.9 Å². The minimum atomic E-state index is -1.14. The van der Waals surface area contributed by atoms with Crippen molar-refractivity contribution in [2.75, 3.05) is 34.7 Å². The number of hydrogen-bond donors (Lipinski definition) is 1. The summed E-state index contributed by atoms with van der Waals surface area (Å²) in [6.07, 6.45) is 1.26. The van der Waals surface area contributed by atoms with Crippen molar-refractivity contribution in [3.8, 4) is 45.6 Å². The number of allylic oxidation sites excluding steroid dienone is 2. The van der Waals surface area contributed by atoms with Crippen LogP contribution in [0.5, 0.6) is 34.5 Å². The van der Waals surface area contributed by atoms with Gasteiger partial charge in [-0.05, 0) is 39.8 Å². The molecule has 0 radical (unpaired) electrons. The maximum Gasteiger partial charge on any atom is 0.334 e. The molecule has 0 bridgehead atoms. The highest BCUT2D eigenvalue weighted by molar-refractivity contribution is 5.92. The SMILES string of the molecule is C/C=C(\C)C(=O)O[C@H]1c2cc3c(c(OC)c2-c2c(cc(OC)c(OC)c2O)[C@H](OC(=O)/C(C)=C/C)[C@@]2(CO2)[C@@H]1C)OCO3. The van der Waals surface area contributed by atoms with Crippen LogP contribution in [0.1, 0.15) is 58.0 Å². The van der Waals surface area contributed by atoms with Crippen LogP contribution in [0.2, 0.25) is 0 Å². The fraction of sp³-hybridized carbons (Fsp3) is 0.438. The molecule has 1 spiro atoms. The average molecular weight is 597 g/mol. The minimum absolute atomic E-state index is 0.0410. The molecule has 1 aliphatic carbocycles. The number of phenols is 1. The van der Waals surface area contributed by atoms with Gasteiger partial charge in [0.05, 0.1) is 27.9 Å². The number of benzene rings is 2. The Bertz CT molecular complexity index is 1530. The van der Waals surface area contributed by atoms with E-state index in [0.717, 1.165) is 0 Å². The van der Waals surface area contributed by atoms with E-state index in [1.165, 1.54) is 21.3 Å². The van der Waals surface area contributed by atoms with Crippen LogP contribution in [0, 0.1) is 5.92 Å². The molecule has 2 aliphatic heterocycles. The molecule has 1 fully saturated rings. The summed E-state index contributed by atoms with van der Waals surface area (Å²) in [5.74, 6) is -0.840. The highest BCUT2D eigenvalue weighted by atomic mass is 16.7. The number of hydrogen-bond acceptors (Lipinski definition) is 11. The van der Waals surface area contributed by atoms with Gasteiger partial charge in [-0.25, -0.2) is 9.59 Å². The van der Waals surface area contributed by atoms with Gasteiger partial charge in [-0.3, -0.25) is 0 Å². The third kappa shape index (κ3) is 4.71. The number of ether oxygens (including phenoxy) is 8. The van der Waals surface area contributed by atoms with Gasteiger partial charge >= 0.3 is 11.9 Å². The van der Waals surface area contributed by atoms with Gasteiger partial charge in [0.25, 0.3) is 0 Å². The first-order valence-corrected chi connectivity index (χ1v) is 13.9. The van der Waals surface area contributed by atoms with Gasteiger partial charge in [-0.2, -0.15) is 0 Å². The van der Waals surface area contributed by atoms with Gasteiger partial charge in [0.15, 0.2) is 29.1 Å². The van der Waals surface area contributed by atoms with Crippen molar-refractivity contribution >= 4 is 11.9 Å². The van der Waals surface area contributed by atoms with E-state index < -0.39 is 35.7 Å². The van der Waals surface area contributed by atoms with E-state index in [1.54, 1.807) is 52.0 Å². The van der Waals surface area contributed by atoms with Crippen LogP contribution in [0.3, 0.4) is 0 Å². The molecular weight excluding hydrogens is 560 g/mol. The zero-order valence-corrected chi connectivity index (χ0v) is 25.5. The van der Waals surface area contributed by atoms with Crippen LogP contribution in [0.25, 0.3) is 11.1 Å². The van der Waals surface area contributed by atoms with E-state index in [2.05, 4.69) is 0 Å². The van der Waals surface area contributed by atoms with Crippen LogP contribution < -0.4 is 23.7 Å². The molecule has 0 amide bonds. The third-order valence-corrected chi connectivity index (χ3v) is 8.48. The lowest BCUT2D eigenvalue weighted by Crippen LogP contribution is -2.39. The van der Waals surface area contributed by atoms with Gasteiger partial charge in [-0.1, -0.05) is 19.1 Å². The summed E-state index contributed by atoms with van der Waals surface area (Å²) in [5, 5.41) is 11.9. The fourth-order valence-corrected chi connectivity index (χ4v) is 5.67. The number of carbonyl (C=O) groups is 2. The lowest BCUT2D eigenvalue weighted by Gasteiger charge is -2.38. The van der Waals surface area contributed by atoms with Gasteiger partial charge < -0.3 is 43.0 Å². The normalized spacial score (nSPS) is 23.9. The number of aromatic hydroxyl groups is 1. The summed E-state index contributed by atoms with van der Waals surface area (Å²) in [5.41, 5.74) is 1.05. The molecular formula is C32H36O11. The van der Waals surface area contributed by atoms with Crippen LogP contribution in [0.15, 0.2) is 35.4 Å². The second kappa shape index (κ2) is 11.4. The number of phenolic OH excluding ortho intramolecular Hbond substituents is 1. The predicted octanol–water partition coefficient (Wildman–Crippen LogP) is 5.33. The second-order valence-electron chi connectivity index (χ2n) is 10.6. The maximum absolute atomic E-state index is 13.3. The van der Waals surface area contributed by atoms with Gasteiger partial charge in [0.1, 0.15) is 11.7 Å². The first-order chi connectivity index (χ1) is 20.6. The third-order valence-electron chi connectivity index (χ3n) is 8.48. The molecule has 11 heteroatoms.